The standard InChI is InChI=1S/C62H103NO10/c1-4-7-10-13-16-19-22-25-26-27-28-29-30-32-35-38-41-44-47-50-57(67)73-60-59(69)58(68)56(51-64)72-62(60)71-52-53(54(65)48-45-42-39-36-33-24-21-18-15-12-9-6-3)63-61(70)55(66)49-46-43-40-37-34-31-23-20-17-14-11-8-5-2/h7-8,10-11,16-17,19-20,25-26,28-29,32,35,41,44-45,48,53-56,58-60,62,64-66,68-69H,4-6,9,12-15,18,21-24,27,30-31,33-34,36-40,42-43,46-47,49-52H2,1-3H3,(H,63,70)/b10-7-,11-8+,19-16-,20-17+,26-25-,29-28-,35-32-,44-41-,48-45+. The number of amides is 1. The monoisotopic (exact) mass is 1020 g/mol. The van der Waals surface area contributed by atoms with Gasteiger partial charge in [0.05, 0.1) is 25.4 Å². The van der Waals surface area contributed by atoms with Gasteiger partial charge < -0.3 is 45.1 Å². The minimum Gasteiger partial charge on any atom is -0.454 e. The molecule has 0 bridgehead atoms. The molecule has 73 heavy (non-hydrogen) atoms. The SMILES string of the molecule is CC/C=C\C/C=C\C/C=C\C/C=C\C/C=C\C/C=C\CCC(=O)OC1C(OCC(NC(=O)C(O)CCCCCCCC/C=C/C/C=C/CC)C(O)/C=C/CCCCCCCCCCCC)OC(CO)C(O)C1O. The number of aliphatic hydroxyl groups excluding tert-OH is 5. The van der Waals surface area contributed by atoms with Crippen molar-refractivity contribution in [3.63, 3.8) is 0 Å². The summed E-state index contributed by atoms with van der Waals surface area (Å²) in [4.78, 5) is 26.4. The Morgan fingerprint density at radius 3 is 1.48 bits per heavy atom. The Hall–Kier alpha value is -3.68. The van der Waals surface area contributed by atoms with Crippen molar-refractivity contribution in [3.8, 4) is 0 Å². The highest BCUT2D eigenvalue weighted by Gasteiger charge is 2.47. The van der Waals surface area contributed by atoms with Crippen molar-refractivity contribution < 1.29 is 49.3 Å². The first-order valence-electron chi connectivity index (χ1n) is 28.7. The molecule has 6 N–H and O–H groups in total. The molecule has 0 aromatic heterocycles. The average molecular weight is 1020 g/mol. The summed E-state index contributed by atoms with van der Waals surface area (Å²) < 4.78 is 17.5. The normalized spacial score (nSPS) is 20.2. The molecule has 1 amide bonds. The number of carbonyl (C=O) groups excluding carboxylic acids is 2. The highest BCUT2D eigenvalue weighted by Crippen LogP contribution is 2.26. The maximum absolute atomic E-state index is 13.4. The predicted octanol–water partition coefficient (Wildman–Crippen LogP) is 12.9. The number of esters is 1. The molecule has 416 valence electrons. The van der Waals surface area contributed by atoms with Crippen molar-refractivity contribution in [2.75, 3.05) is 13.2 Å². The van der Waals surface area contributed by atoms with Crippen LogP contribution in [-0.2, 0) is 23.8 Å². The zero-order valence-electron chi connectivity index (χ0n) is 45.7. The van der Waals surface area contributed by atoms with Crippen LogP contribution in [0.4, 0.5) is 0 Å². The Morgan fingerprint density at radius 2 is 0.986 bits per heavy atom. The molecular formula is C62H103NO10. The second kappa shape index (κ2) is 49.2. The summed E-state index contributed by atoms with van der Waals surface area (Å²) in [6.07, 6.45) is 55.7. The van der Waals surface area contributed by atoms with Gasteiger partial charge in [-0.1, -0.05) is 220 Å². The maximum Gasteiger partial charge on any atom is 0.306 e. The van der Waals surface area contributed by atoms with E-state index >= 15 is 0 Å². The number of nitrogens with one attached hydrogen (secondary N) is 1. The lowest BCUT2D eigenvalue weighted by Crippen LogP contribution is -2.61. The molecule has 0 saturated carbocycles. The molecule has 1 aliphatic rings. The zero-order valence-corrected chi connectivity index (χ0v) is 45.7. The number of aliphatic hydroxyl groups is 5. The smallest absolute Gasteiger partial charge is 0.306 e. The molecule has 1 heterocycles. The molecule has 8 atom stereocenters. The van der Waals surface area contributed by atoms with Gasteiger partial charge in [0.25, 0.3) is 0 Å². The number of carbonyl (C=O) groups is 2. The minimum atomic E-state index is -1.65. The van der Waals surface area contributed by atoms with Crippen LogP contribution in [0.3, 0.4) is 0 Å². The molecule has 1 saturated heterocycles. The molecule has 11 nitrogen and oxygen atoms in total. The molecule has 0 radical (unpaired) electrons. The highest BCUT2D eigenvalue weighted by atomic mass is 16.7. The molecule has 1 rings (SSSR count). The van der Waals surface area contributed by atoms with E-state index in [1.807, 2.05) is 18.2 Å². The molecule has 1 fully saturated rings. The Balaban J connectivity index is 2.78. The average Bonchev–Trinajstić information content (AvgIpc) is 3.39. The number of allylic oxidation sites excluding steroid dienone is 17. The van der Waals surface area contributed by atoms with Gasteiger partial charge in [-0.2, -0.15) is 0 Å². The zero-order chi connectivity index (χ0) is 53.3. The van der Waals surface area contributed by atoms with E-state index in [1.54, 1.807) is 6.08 Å². The van der Waals surface area contributed by atoms with E-state index in [-0.39, 0.29) is 19.4 Å². The van der Waals surface area contributed by atoms with E-state index in [2.05, 4.69) is 111 Å². The minimum absolute atomic E-state index is 0.00815. The first-order valence-corrected chi connectivity index (χ1v) is 28.7. The lowest BCUT2D eigenvalue weighted by Gasteiger charge is -2.41. The van der Waals surface area contributed by atoms with Crippen LogP contribution in [0.15, 0.2) is 109 Å². The summed E-state index contributed by atoms with van der Waals surface area (Å²) in [6, 6.07) is -1.05. The van der Waals surface area contributed by atoms with Crippen LogP contribution >= 0.6 is 0 Å². The number of ether oxygens (including phenoxy) is 3. The molecule has 1 aliphatic heterocycles. The van der Waals surface area contributed by atoms with Gasteiger partial charge in [-0.15, -0.1) is 0 Å². The summed E-state index contributed by atoms with van der Waals surface area (Å²) in [7, 11) is 0. The van der Waals surface area contributed by atoms with Crippen molar-refractivity contribution in [1.29, 1.82) is 0 Å². The molecule has 0 aromatic rings. The highest BCUT2D eigenvalue weighted by molar-refractivity contribution is 5.80. The van der Waals surface area contributed by atoms with Gasteiger partial charge in [-0.05, 0) is 89.9 Å². The molecule has 0 aromatic carbocycles. The predicted molar refractivity (Wildman–Crippen MR) is 301 cm³/mol. The fraction of sp³-hybridized carbons (Fsp3) is 0.677. The van der Waals surface area contributed by atoms with Crippen LogP contribution in [0.1, 0.15) is 207 Å². The van der Waals surface area contributed by atoms with Gasteiger partial charge in [0.1, 0.15) is 24.4 Å². The molecule has 8 unspecified atom stereocenters. The van der Waals surface area contributed by atoms with E-state index in [0.717, 1.165) is 109 Å². The second-order valence-electron chi connectivity index (χ2n) is 19.3. The summed E-state index contributed by atoms with van der Waals surface area (Å²) in [5.74, 6) is -1.30. The van der Waals surface area contributed by atoms with E-state index in [1.165, 1.54) is 44.9 Å². The van der Waals surface area contributed by atoms with Crippen LogP contribution in [0, 0.1) is 0 Å². The Bertz CT molecular complexity index is 1600. The van der Waals surface area contributed by atoms with Gasteiger partial charge >= 0.3 is 5.97 Å². The van der Waals surface area contributed by atoms with Crippen LogP contribution in [0.5, 0.6) is 0 Å². The largest absolute Gasteiger partial charge is 0.454 e. The second-order valence-corrected chi connectivity index (χ2v) is 19.3. The maximum atomic E-state index is 13.4. The van der Waals surface area contributed by atoms with Crippen LogP contribution in [0.25, 0.3) is 0 Å². The first kappa shape index (κ1) is 67.3. The fourth-order valence-corrected chi connectivity index (χ4v) is 8.18. The van der Waals surface area contributed by atoms with Crippen molar-refractivity contribution in [3.05, 3.63) is 109 Å². The summed E-state index contributed by atoms with van der Waals surface area (Å²) in [6.45, 7) is 5.49. The Kier molecular flexibility index (Phi) is 45.4. The molecule has 0 aliphatic carbocycles. The quantitative estimate of drug-likeness (QED) is 0.0196. The van der Waals surface area contributed by atoms with Gasteiger partial charge in [0.2, 0.25) is 5.91 Å². The number of hydrogen-bond acceptors (Lipinski definition) is 10. The lowest BCUT2D eigenvalue weighted by molar-refractivity contribution is -0.305. The number of hydrogen-bond donors (Lipinski definition) is 6. The van der Waals surface area contributed by atoms with Crippen LogP contribution < -0.4 is 5.32 Å². The van der Waals surface area contributed by atoms with Gasteiger partial charge in [0.15, 0.2) is 12.4 Å². The van der Waals surface area contributed by atoms with Gasteiger partial charge in [-0.3, -0.25) is 9.59 Å². The van der Waals surface area contributed by atoms with Crippen molar-refractivity contribution >= 4 is 11.9 Å². The lowest BCUT2D eigenvalue weighted by atomic mass is 9.99. The van der Waals surface area contributed by atoms with Crippen molar-refractivity contribution in [1.82, 2.24) is 5.32 Å². The van der Waals surface area contributed by atoms with E-state index in [0.29, 0.717) is 19.3 Å². The van der Waals surface area contributed by atoms with Gasteiger partial charge in [0, 0.05) is 6.42 Å². The Labute approximate surface area is 443 Å². The third-order valence-electron chi connectivity index (χ3n) is 12.7. The molecular weight excluding hydrogens is 919 g/mol. The van der Waals surface area contributed by atoms with E-state index in [4.69, 9.17) is 14.2 Å². The van der Waals surface area contributed by atoms with E-state index in [9.17, 15) is 35.1 Å². The number of unbranched alkanes of at least 4 members (excludes halogenated alkanes) is 16. The van der Waals surface area contributed by atoms with Crippen molar-refractivity contribution in [2.24, 2.45) is 0 Å². The topological polar surface area (TPSA) is 175 Å². The third kappa shape index (κ3) is 37.7. The van der Waals surface area contributed by atoms with Crippen LogP contribution in [-0.4, -0.2) is 99.6 Å². The molecule has 11 heteroatoms. The summed E-state index contributed by atoms with van der Waals surface area (Å²) >= 11 is 0. The number of rotatable bonds is 46. The van der Waals surface area contributed by atoms with Crippen molar-refractivity contribution in [2.45, 2.75) is 256 Å². The summed E-state index contributed by atoms with van der Waals surface area (Å²) in [5.41, 5.74) is 0. The summed E-state index contributed by atoms with van der Waals surface area (Å²) in [5, 5.41) is 56.7. The van der Waals surface area contributed by atoms with Crippen LogP contribution in [0.2, 0.25) is 0 Å². The fourth-order valence-electron chi connectivity index (χ4n) is 8.18. The third-order valence-corrected chi connectivity index (χ3v) is 12.7. The Morgan fingerprint density at radius 1 is 0.548 bits per heavy atom. The molecule has 0 spiro atoms. The van der Waals surface area contributed by atoms with Gasteiger partial charge in [-0.25, -0.2) is 0 Å². The first-order chi connectivity index (χ1) is 35.7. The van der Waals surface area contributed by atoms with E-state index < -0.39 is 67.4 Å².